The molecule has 0 aromatic carbocycles. The van der Waals surface area contributed by atoms with Crippen molar-refractivity contribution in [2.75, 3.05) is 20.6 Å². The van der Waals surface area contributed by atoms with Crippen molar-refractivity contribution in [2.24, 2.45) is 0 Å². The van der Waals surface area contributed by atoms with Crippen LogP contribution in [0.1, 0.15) is 19.3 Å². The van der Waals surface area contributed by atoms with Gasteiger partial charge in [-0.1, -0.05) is 0 Å². The van der Waals surface area contributed by atoms with E-state index in [2.05, 4.69) is 10.2 Å². The van der Waals surface area contributed by atoms with Crippen LogP contribution < -0.4 is 5.32 Å². The van der Waals surface area contributed by atoms with Crippen molar-refractivity contribution < 1.29 is 14.7 Å². The first-order chi connectivity index (χ1) is 6.48. The molecule has 2 N–H and O–H groups in total. The van der Waals surface area contributed by atoms with Gasteiger partial charge in [0, 0.05) is 12.1 Å². The summed E-state index contributed by atoms with van der Waals surface area (Å²) < 4.78 is 0. The first kappa shape index (κ1) is 11.0. The van der Waals surface area contributed by atoms with Crippen molar-refractivity contribution in [2.45, 2.75) is 24.8 Å². The Morgan fingerprint density at radius 2 is 2.00 bits per heavy atom. The number of nitrogens with one attached hydrogen (secondary N) is 1. The molecule has 0 aliphatic heterocycles. The van der Waals surface area contributed by atoms with E-state index in [-0.39, 0.29) is 5.54 Å². The van der Waals surface area contributed by atoms with Gasteiger partial charge in [-0.25, -0.2) is 4.79 Å². The molecule has 5 nitrogen and oxygen atoms in total. The molecular weight excluding hydrogens is 184 g/mol. The number of likely N-dealkylation sites (N-methyl/N-ethyl adjacent to an activating group) is 1. The number of carboxylic acid groups (broad SMARTS) is 1. The second-order valence-corrected chi connectivity index (χ2v) is 3.96. The highest BCUT2D eigenvalue weighted by atomic mass is 16.4. The molecule has 1 rings (SSSR count). The third kappa shape index (κ3) is 2.04. The second kappa shape index (κ2) is 3.96. The summed E-state index contributed by atoms with van der Waals surface area (Å²) in [5, 5.41) is 10.8. The Kier molecular flexibility index (Phi) is 3.10. The van der Waals surface area contributed by atoms with Gasteiger partial charge in [-0.15, -0.1) is 0 Å². The largest absolute Gasteiger partial charge is 0.474 e. The van der Waals surface area contributed by atoms with E-state index in [0.29, 0.717) is 6.54 Å². The minimum Gasteiger partial charge on any atom is -0.474 e. The van der Waals surface area contributed by atoms with Gasteiger partial charge < -0.3 is 15.3 Å². The number of nitrogens with zero attached hydrogens (tertiary/aromatic N) is 1. The van der Waals surface area contributed by atoms with E-state index in [1.807, 2.05) is 14.1 Å². The lowest BCUT2D eigenvalue weighted by Gasteiger charge is -2.47. The summed E-state index contributed by atoms with van der Waals surface area (Å²) >= 11 is 0. The zero-order valence-electron chi connectivity index (χ0n) is 8.54. The summed E-state index contributed by atoms with van der Waals surface area (Å²) in [6, 6.07) is 0. The summed E-state index contributed by atoms with van der Waals surface area (Å²) in [6.45, 7) is 0.422. The van der Waals surface area contributed by atoms with Gasteiger partial charge in [0.2, 0.25) is 0 Å². The van der Waals surface area contributed by atoms with E-state index in [4.69, 9.17) is 5.11 Å². The fraction of sp³-hybridized carbons (Fsp3) is 0.778. The van der Waals surface area contributed by atoms with E-state index in [1.54, 1.807) is 0 Å². The van der Waals surface area contributed by atoms with Crippen LogP contribution >= 0.6 is 0 Å². The minimum absolute atomic E-state index is 0.0227. The van der Waals surface area contributed by atoms with Crippen LogP contribution in [0.3, 0.4) is 0 Å². The van der Waals surface area contributed by atoms with Gasteiger partial charge in [0.1, 0.15) is 0 Å². The molecule has 5 heteroatoms. The number of carbonyl (C=O) groups excluding carboxylic acids is 1. The maximum atomic E-state index is 10.8. The third-order valence-corrected chi connectivity index (χ3v) is 3.01. The molecule has 80 valence electrons. The number of carbonyl (C=O) groups is 2. The lowest BCUT2D eigenvalue weighted by atomic mass is 9.75. The molecule has 1 aliphatic rings. The van der Waals surface area contributed by atoms with Crippen LogP contribution in [0.5, 0.6) is 0 Å². The number of hydrogen-bond donors (Lipinski definition) is 2. The van der Waals surface area contributed by atoms with E-state index in [9.17, 15) is 9.59 Å². The van der Waals surface area contributed by atoms with Crippen molar-refractivity contribution in [3.63, 3.8) is 0 Å². The molecule has 14 heavy (non-hydrogen) atoms. The van der Waals surface area contributed by atoms with Crippen LogP contribution in [0.4, 0.5) is 0 Å². The van der Waals surface area contributed by atoms with Crippen molar-refractivity contribution >= 4 is 11.9 Å². The molecule has 0 radical (unpaired) electrons. The van der Waals surface area contributed by atoms with Gasteiger partial charge >= 0.3 is 11.9 Å². The molecule has 0 unspecified atom stereocenters. The number of aliphatic carboxylic acids is 1. The summed E-state index contributed by atoms with van der Waals surface area (Å²) in [4.78, 5) is 23.1. The summed E-state index contributed by atoms with van der Waals surface area (Å²) in [5.74, 6) is -2.34. The monoisotopic (exact) mass is 200 g/mol. The lowest BCUT2D eigenvalue weighted by Crippen LogP contribution is -2.57. The molecule has 1 saturated carbocycles. The third-order valence-electron chi connectivity index (χ3n) is 3.01. The van der Waals surface area contributed by atoms with Crippen LogP contribution in [0.25, 0.3) is 0 Å². The Bertz CT molecular complexity index is 246. The fourth-order valence-electron chi connectivity index (χ4n) is 1.69. The molecule has 0 bridgehead atoms. The quantitative estimate of drug-likeness (QED) is 0.612. The average Bonchev–Trinajstić information content (AvgIpc) is 2.00. The van der Waals surface area contributed by atoms with Gasteiger partial charge in [0.25, 0.3) is 0 Å². The Morgan fingerprint density at radius 3 is 2.29 bits per heavy atom. The standard InChI is InChI=1S/C9H16N2O3/c1-11(2)9(4-3-5-9)6-10-7(12)8(13)14/h3-6H2,1-2H3,(H,10,12)(H,13,14). The van der Waals surface area contributed by atoms with Gasteiger partial charge in [-0.3, -0.25) is 4.79 Å². The average molecular weight is 200 g/mol. The molecule has 0 aromatic heterocycles. The Labute approximate surface area is 83.1 Å². The summed E-state index contributed by atoms with van der Waals surface area (Å²) in [6.07, 6.45) is 3.17. The molecule has 0 aromatic rings. The highest BCUT2D eigenvalue weighted by Crippen LogP contribution is 2.35. The second-order valence-electron chi connectivity index (χ2n) is 3.96. The first-order valence-corrected chi connectivity index (χ1v) is 4.66. The maximum absolute atomic E-state index is 10.8. The topological polar surface area (TPSA) is 69.6 Å². The van der Waals surface area contributed by atoms with Crippen molar-refractivity contribution in [3.05, 3.63) is 0 Å². The molecule has 0 saturated heterocycles. The molecule has 1 fully saturated rings. The van der Waals surface area contributed by atoms with Crippen LogP contribution in [0, 0.1) is 0 Å². The highest BCUT2D eigenvalue weighted by molar-refractivity contribution is 6.31. The fourth-order valence-corrected chi connectivity index (χ4v) is 1.69. The Hall–Kier alpha value is -1.10. The smallest absolute Gasteiger partial charge is 0.394 e. The van der Waals surface area contributed by atoms with Gasteiger partial charge in [-0.05, 0) is 33.4 Å². The normalized spacial score (nSPS) is 18.8. The predicted octanol–water partition coefficient (Wildman–Crippen LogP) is -0.329. The molecule has 1 amide bonds. The van der Waals surface area contributed by atoms with Gasteiger partial charge in [-0.2, -0.15) is 0 Å². The highest BCUT2D eigenvalue weighted by Gasteiger charge is 2.39. The molecule has 1 aliphatic carbocycles. The SMILES string of the molecule is CN(C)C1(CNC(=O)C(=O)O)CCC1. The molecular formula is C9H16N2O3. The molecule has 0 heterocycles. The number of carboxylic acids is 1. The zero-order valence-corrected chi connectivity index (χ0v) is 8.54. The Morgan fingerprint density at radius 1 is 1.43 bits per heavy atom. The first-order valence-electron chi connectivity index (χ1n) is 4.66. The number of rotatable bonds is 3. The van der Waals surface area contributed by atoms with Crippen molar-refractivity contribution in [3.8, 4) is 0 Å². The van der Waals surface area contributed by atoms with Crippen LogP contribution in [-0.2, 0) is 9.59 Å². The zero-order chi connectivity index (χ0) is 10.8. The van der Waals surface area contributed by atoms with Crippen LogP contribution in [-0.4, -0.2) is 48.1 Å². The maximum Gasteiger partial charge on any atom is 0.394 e. The number of hydrogen-bond acceptors (Lipinski definition) is 3. The van der Waals surface area contributed by atoms with Crippen molar-refractivity contribution in [1.82, 2.24) is 10.2 Å². The van der Waals surface area contributed by atoms with E-state index in [0.717, 1.165) is 19.3 Å². The van der Waals surface area contributed by atoms with Crippen LogP contribution in [0.15, 0.2) is 0 Å². The molecule has 0 atom stereocenters. The summed E-state index contributed by atoms with van der Waals surface area (Å²) in [7, 11) is 3.90. The van der Waals surface area contributed by atoms with E-state index in [1.165, 1.54) is 0 Å². The summed E-state index contributed by atoms with van der Waals surface area (Å²) in [5.41, 5.74) is -0.0227. The van der Waals surface area contributed by atoms with Gasteiger partial charge in [0.05, 0.1) is 0 Å². The van der Waals surface area contributed by atoms with E-state index < -0.39 is 11.9 Å². The van der Waals surface area contributed by atoms with Crippen molar-refractivity contribution in [1.29, 1.82) is 0 Å². The Balaban J connectivity index is 2.43. The lowest BCUT2D eigenvalue weighted by molar-refractivity contribution is -0.150. The predicted molar refractivity (Wildman–Crippen MR) is 50.9 cm³/mol. The number of amides is 1. The van der Waals surface area contributed by atoms with Gasteiger partial charge in [0.15, 0.2) is 0 Å². The minimum atomic E-state index is -1.42. The van der Waals surface area contributed by atoms with Crippen LogP contribution in [0.2, 0.25) is 0 Å². The van der Waals surface area contributed by atoms with E-state index >= 15 is 0 Å². The molecule has 0 spiro atoms.